The van der Waals surface area contributed by atoms with Crippen LogP contribution in [0.4, 0.5) is 5.69 Å². The first-order valence-corrected chi connectivity index (χ1v) is 7.65. The summed E-state index contributed by atoms with van der Waals surface area (Å²) in [5.41, 5.74) is 9.69. The van der Waals surface area contributed by atoms with Crippen LogP contribution in [0.15, 0.2) is 18.2 Å². The quantitative estimate of drug-likeness (QED) is 0.856. The second-order valence-corrected chi connectivity index (χ2v) is 5.68. The van der Waals surface area contributed by atoms with Gasteiger partial charge in [0.05, 0.1) is 6.61 Å². The topological polar surface area (TPSA) is 47.7 Å². The SMILES string of the molecule is Nc1cccc2c1CN(CCOC1CCCCO1)CC2. The lowest BCUT2D eigenvalue weighted by Crippen LogP contribution is -2.35. The summed E-state index contributed by atoms with van der Waals surface area (Å²) >= 11 is 0. The number of ether oxygens (including phenoxy) is 2. The smallest absolute Gasteiger partial charge is 0.157 e. The molecule has 1 fully saturated rings. The number of benzene rings is 1. The van der Waals surface area contributed by atoms with Crippen LogP contribution in [0.25, 0.3) is 0 Å². The zero-order valence-corrected chi connectivity index (χ0v) is 12.0. The minimum Gasteiger partial charge on any atom is -0.398 e. The van der Waals surface area contributed by atoms with Crippen molar-refractivity contribution >= 4 is 5.69 Å². The zero-order chi connectivity index (χ0) is 13.8. The Labute approximate surface area is 120 Å². The number of nitrogens with zero attached hydrogens (tertiary/aromatic N) is 1. The van der Waals surface area contributed by atoms with Crippen molar-refractivity contribution in [2.24, 2.45) is 0 Å². The monoisotopic (exact) mass is 276 g/mol. The number of nitrogen functional groups attached to an aromatic ring is 1. The third kappa shape index (κ3) is 3.32. The van der Waals surface area contributed by atoms with E-state index in [4.69, 9.17) is 15.2 Å². The maximum atomic E-state index is 6.07. The third-order valence-corrected chi connectivity index (χ3v) is 4.24. The molecule has 2 aliphatic heterocycles. The van der Waals surface area contributed by atoms with E-state index in [1.165, 1.54) is 24.0 Å². The molecular formula is C16H24N2O2. The van der Waals surface area contributed by atoms with Gasteiger partial charge in [0.25, 0.3) is 0 Å². The molecule has 3 rings (SSSR count). The van der Waals surface area contributed by atoms with E-state index in [1.807, 2.05) is 12.1 Å². The molecule has 1 unspecified atom stereocenters. The van der Waals surface area contributed by atoms with Crippen molar-refractivity contribution in [1.29, 1.82) is 0 Å². The summed E-state index contributed by atoms with van der Waals surface area (Å²) in [6.45, 7) is 4.57. The van der Waals surface area contributed by atoms with E-state index in [0.717, 1.165) is 51.4 Å². The lowest BCUT2D eigenvalue weighted by atomic mass is 9.98. The lowest BCUT2D eigenvalue weighted by molar-refractivity contribution is -0.164. The summed E-state index contributed by atoms with van der Waals surface area (Å²) in [6, 6.07) is 6.23. The molecule has 4 nitrogen and oxygen atoms in total. The Balaban J connectivity index is 1.46. The van der Waals surface area contributed by atoms with Gasteiger partial charge in [-0.3, -0.25) is 4.90 Å². The molecule has 0 spiro atoms. The molecule has 0 amide bonds. The number of nitrogens with two attached hydrogens (primary N) is 1. The van der Waals surface area contributed by atoms with Crippen molar-refractivity contribution in [3.63, 3.8) is 0 Å². The van der Waals surface area contributed by atoms with Crippen LogP contribution >= 0.6 is 0 Å². The molecule has 0 radical (unpaired) electrons. The number of fused-ring (bicyclic) bond motifs is 1. The van der Waals surface area contributed by atoms with Crippen molar-refractivity contribution in [3.05, 3.63) is 29.3 Å². The van der Waals surface area contributed by atoms with Crippen molar-refractivity contribution < 1.29 is 9.47 Å². The molecular weight excluding hydrogens is 252 g/mol. The molecule has 20 heavy (non-hydrogen) atoms. The maximum absolute atomic E-state index is 6.07. The van der Waals surface area contributed by atoms with E-state index < -0.39 is 0 Å². The highest BCUT2D eigenvalue weighted by molar-refractivity contribution is 5.51. The second kappa shape index (κ2) is 6.57. The van der Waals surface area contributed by atoms with Crippen LogP contribution < -0.4 is 5.73 Å². The first kappa shape index (κ1) is 13.9. The van der Waals surface area contributed by atoms with Gasteiger partial charge < -0.3 is 15.2 Å². The third-order valence-electron chi connectivity index (χ3n) is 4.24. The first-order chi connectivity index (χ1) is 9.83. The Kier molecular flexibility index (Phi) is 4.55. The molecule has 0 aliphatic carbocycles. The van der Waals surface area contributed by atoms with Crippen LogP contribution in [0, 0.1) is 0 Å². The predicted octanol–water partition coefficient (Wildman–Crippen LogP) is 2.17. The van der Waals surface area contributed by atoms with Gasteiger partial charge in [0.1, 0.15) is 0 Å². The zero-order valence-electron chi connectivity index (χ0n) is 12.0. The fourth-order valence-electron chi connectivity index (χ4n) is 3.01. The highest BCUT2D eigenvalue weighted by atomic mass is 16.7. The van der Waals surface area contributed by atoms with Crippen LogP contribution in [-0.4, -0.2) is 37.5 Å². The summed E-state index contributed by atoms with van der Waals surface area (Å²) < 4.78 is 11.4. The Hall–Kier alpha value is -1.10. The summed E-state index contributed by atoms with van der Waals surface area (Å²) in [5, 5.41) is 0. The second-order valence-electron chi connectivity index (χ2n) is 5.68. The normalized spacial score (nSPS) is 23.5. The maximum Gasteiger partial charge on any atom is 0.157 e. The summed E-state index contributed by atoms with van der Waals surface area (Å²) in [5.74, 6) is 0. The molecule has 0 saturated carbocycles. The molecule has 0 bridgehead atoms. The van der Waals surface area contributed by atoms with E-state index in [0.29, 0.717) is 0 Å². The highest BCUT2D eigenvalue weighted by Crippen LogP contribution is 2.24. The van der Waals surface area contributed by atoms with Crippen LogP contribution in [0.1, 0.15) is 30.4 Å². The van der Waals surface area contributed by atoms with Gasteiger partial charge in [0.2, 0.25) is 0 Å². The number of hydrogen-bond donors (Lipinski definition) is 1. The molecule has 2 heterocycles. The minimum absolute atomic E-state index is 0.0193. The van der Waals surface area contributed by atoms with Crippen molar-refractivity contribution in [2.75, 3.05) is 32.0 Å². The van der Waals surface area contributed by atoms with Crippen LogP contribution in [0.3, 0.4) is 0 Å². The molecule has 1 aromatic carbocycles. The van der Waals surface area contributed by atoms with Gasteiger partial charge >= 0.3 is 0 Å². The Bertz CT molecular complexity index is 444. The van der Waals surface area contributed by atoms with Gasteiger partial charge in [-0.05, 0) is 42.9 Å². The lowest BCUT2D eigenvalue weighted by Gasteiger charge is -2.30. The summed E-state index contributed by atoms with van der Waals surface area (Å²) in [6.07, 6.45) is 4.53. The first-order valence-electron chi connectivity index (χ1n) is 7.65. The number of anilines is 1. The van der Waals surface area contributed by atoms with Crippen LogP contribution in [0.5, 0.6) is 0 Å². The van der Waals surface area contributed by atoms with E-state index in [1.54, 1.807) is 0 Å². The van der Waals surface area contributed by atoms with Gasteiger partial charge in [-0.1, -0.05) is 12.1 Å². The van der Waals surface area contributed by atoms with Crippen LogP contribution in [-0.2, 0) is 22.4 Å². The Morgan fingerprint density at radius 3 is 3.15 bits per heavy atom. The minimum atomic E-state index is 0.0193. The molecule has 0 aromatic heterocycles. The van der Waals surface area contributed by atoms with Crippen LogP contribution in [0.2, 0.25) is 0 Å². The molecule has 2 N–H and O–H groups in total. The molecule has 4 heteroatoms. The van der Waals surface area contributed by atoms with Gasteiger partial charge in [-0.15, -0.1) is 0 Å². The molecule has 1 aromatic rings. The van der Waals surface area contributed by atoms with Crippen molar-refractivity contribution in [1.82, 2.24) is 4.90 Å². The molecule has 1 atom stereocenters. The Morgan fingerprint density at radius 1 is 1.35 bits per heavy atom. The van der Waals surface area contributed by atoms with Crippen molar-refractivity contribution in [2.45, 2.75) is 38.5 Å². The van der Waals surface area contributed by atoms with Gasteiger partial charge in [-0.25, -0.2) is 0 Å². The fourth-order valence-corrected chi connectivity index (χ4v) is 3.01. The summed E-state index contributed by atoms with van der Waals surface area (Å²) in [4.78, 5) is 2.42. The highest BCUT2D eigenvalue weighted by Gasteiger charge is 2.19. The Morgan fingerprint density at radius 2 is 2.30 bits per heavy atom. The molecule has 2 aliphatic rings. The number of hydrogen-bond acceptors (Lipinski definition) is 4. The summed E-state index contributed by atoms with van der Waals surface area (Å²) in [7, 11) is 0. The van der Waals surface area contributed by atoms with Crippen molar-refractivity contribution in [3.8, 4) is 0 Å². The average Bonchev–Trinajstić information content (AvgIpc) is 2.49. The predicted molar refractivity (Wildman–Crippen MR) is 79.4 cm³/mol. The standard InChI is InChI=1S/C16H24N2O2/c17-15-5-3-4-13-7-8-18(12-14(13)15)9-11-20-16-6-1-2-10-19-16/h3-5,16H,1-2,6-12,17H2. The van der Waals surface area contributed by atoms with Gasteiger partial charge in [-0.2, -0.15) is 0 Å². The van der Waals surface area contributed by atoms with E-state index >= 15 is 0 Å². The fraction of sp³-hybridized carbons (Fsp3) is 0.625. The van der Waals surface area contributed by atoms with Gasteiger partial charge in [0.15, 0.2) is 6.29 Å². The number of rotatable bonds is 4. The van der Waals surface area contributed by atoms with Gasteiger partial charge in [0, 0.05) is 31.9 Å². The molecule has 110 valence electrons. The molecule has 1 saturated heterocycles. The van der Waals surface area contributed by atoms with E-state index in [2.05, 4.69) is 11.0 Å². The average molecular weight is 276 g/mol. The largest absolute Gasteiger partial charge is 0.398 e. The van der Waals surface area contributed by atoms with E-state index in [-0.39, 0.29) is 6.29 Å². The van der Waals surface area contributed by atoms with E-state index in [9.17, 15) is 0 Å².